The fraction of sp³-hybridized carbons (Fsp3) is 0.143. The largest absolute Gasteiger partial charge is 0.486 e. The minimum Gasteiger partial charge on any atom is -0.486 e. The lowest BCUT2D eigenvalue weighted by Crippen LogP contribution is -2.17. The summed E-state index contributed by atoms with van der Waals surface area (Å²) in [5.41, 5.74) is 2.05. The van der Waals surface area contributed by atoms with Crippen molar-refractivity contribution in [3.63, 3.8) is 0 Å². The predicted octanol–water partition coefficient (Wildman–Crippen LogP) is 3.45. The molecular weight excluding hydrogens is 372 g/mol. The number of benzene rings is 2. The van der Waals surface area contributed by atoms with Crippen LogP contribution < -0.4 is 20.1 Å². The Morgan fingerprint density at radius 2 is 1.76 bits per heavy atom. The van der Waals surface area contributed by atoms with E-state index >= 15 is 0 Å². The normalized spacial score (nSPS) is 12.2. The van der Waals surface area contributed by atoms with Gasteiger partial charge < -0.3 is 20.1 Å². The molecule has 8 nitrogen and oxygen atoms in total. The van der Waals surface area contributed by atoms with Crippen molar-refractivity contribution in [3.8, 4) is 11.5 Å². The second kappa shape index (κ2) is 7.97. The predicted molar refractivity (Wildman–Crippen MR) is 107 cm³/mol. The molecule has 2 aromatic carbocycles. The summed E-state index contributed by atoms with van der Waals surface area (Å²) in [7, 11) is 0. The van der Waals surface area contributed by atoms with Gasteiger partial charge in [-0.15, -0.1) is 0 Å². The smallest absolute Gasteiger partial charge is 0.275 e. The first-order valence-electron chi connectivity index (χ1n) is 8.99. The first-order valence-corrected chi connectivity index (χ1v) is 8.99. The molecule has 3 aromatic rings. The molecule has 1 aromatic heterocycles. The van der Waals surface area contributed by atoms with E-state index in [1.165, 1.54) is 19.3 Å². The molecule has 0 unspecified atom stereocenters. The molecule has 1 aliphatic rings. The molecule has 0 aliphatic carbocycles. The van der Waals surface area contributed by atoms with Gasteiger partial charge in [0.1, 0.15) is 24.7 Å². The van der Waals surface area contributed by atoms with Crippen molar-refractivity contribution in [2.24, 2.45) is 0 Å². The number of amides is 1. The third-order valence-electron chi connectivity index (χ3n) is 4.23. The van der Waals surface area contributed by atoms with Crippen LogP contribution in [0.4, 0.5) is 17.2 Å². The average Bonchev–Trinajstić information content (AvgIpc) is 2.74. The van der Waals surface area contributed by atoms with Crippen molar-refractivity contribution in [2.45, 2.75) is 6.92 Å². The zero-order valence-electron chi connectivity index (χ0n) is 15.6. The molecule has 2 heterocycles. The second-order valence-electron chi connectivity index (χ2n) is 6.36. The molecule has 29 heavy (non-hydrogen) atoms. The summed E-state index contributed by atoms with van der Waals surface area (Å²) in [6.45, 7) is 2.49. The molecule has 2 N–H and O–H groups in total. The van der Waals surface area contributed by atoms with Crippen LogP contribution in [0.2, 0.25) is 0 Å². The van der Waals surface area contributed by atoms with Crippen LogP contribution in [0.1, 0.15) is 27.8 Å². The number of hydrogen-bond donors (Lipinski definition) is 2. The fourth-order valence-electron chi connectivity index (χ4n) is 2.79. The maximum atomic E-state index is 12.4. The summed E-state index contributed by atoms with van der Waals surface area (Å²) in [5.74, 6) is 1.29. The van der Waals surface area contributed by atoms with E-state index in [9.17, 15) is 9.59 Å². The van der Waals surface area contributed by atoms with Crippen molar-refractivity contribution < 1.29 is 19.1 Å². The highest BCUT2D eigenvalue weighted by atomic mass is 16.6. The van der Waals surface area contributed by atoms with Gasteiger partial charge in [0.25, 0.3) is 5.91 Å². The molecular formula is C21H18N4O4. The van der Waals surface area contributed by atoms with Gasteiger partial charge in [-0.3, -0.25) is 9.59 Å². The monoisotopic (exact) mass is 390 g/mol. The number of carbonyl (C=O) groups is 2. The highest BCUT2D eigenvalue weighted by Gasteiger charge is 2.14. The third-order valence-corrected chi connectivity index (χ3v) is 4.23. The number of nitrogens with zero attached hydrogens (tertiary/aromatic N) is 2. The standard InChI is InChI=1S/C21H18N4O4/c1-13(26)14-3-2-4-15(9-14)24-20-12-22-17(11-23-20)21(27)25-16-5-6-18-19(10-16)29-8-7-28-18/h2-6,9-12H,7-8H2,1H3,(H,23,24)(H,25,27). The number of fused-ring (bicyclic) bond motifs is 1. The van der Waals surface area contributed by atoms with Gasteiger partial charge in [0.15, 0.2) is 17.3 Å². The van der Waals surface area contributed by atoms with Crippen LogP contribution in [-0.4, -0.2) is 34.9 Å². The Bertz CT molecular complexity index is 1070. The molecule has 1 aliphatic heterocycles. The maximum absolute atomic E-state index is 12.4. The molecule has 0 saturated carbocycles. The van der Waals surface area contributed by atoms with Crippen LogP contribution in [0, 0.1) is 0 Å². The van der Waals surface area contributed by atoms with Crippen molar-refractivity contribution in [1.82, 2.24) is 9.97 Å². The quantitative estimate of drug-likeness (QED) is 0.643. The van der Waals surface area contributed by atoms with Gasteiger partial charge in [-0.05, 0) is 31.2 Å². The Balaban J connectivity index is 1.43. The number of ketones is 1. The first-order chi connectivity index (χ1) is 14.1. The number of rotatable bonds is 5. The third kappa shape index (κ3) is 4.32. The number of hydrogen-bond acceptors (Lipinski definition) is 7. The van der Waals surface area contributed by atoms with Gasteiger partial charge in [-0.2, -0.15) is 0 Å². The first kappa shape index (κ1) is 18.4. The maximum Gasteiger partial charge on any atom is 0.275 e. The number of Topliss-reactive ketones (excluding diaryl/α,β-unsaturated/α-hetero) is 1. The Morgan fingerprint density at radius 3 is 2.52 bits per heavy atom. The van der Waals surface area contributed by atoms with Gasteiger partial charge in [0.2, 0.25) is 0 Å². The molecule has 0 fully saturated rings. The summed E-state index contributed by atoms with van der Waals surface area (Å²) in [6, 6.07) is 12.3. The number of carbonyl (C=O) groups excluding carboxylic acids is 2. The molecule has 146 valence electrons. The van der Waals surface area contributed by atoms with E-state index < -0.39 is 0 Å². The highest BCUT2D eigenvalue weighted by molar-refractivity contribution is 6.02. The molecule has 0 saturated heterocycles. The summed E-state index contributed by atoms with van der Waals surface area (Å²) < 4.78 is 11.0. The Kier molecular flexibility index (Phi) is 5.07. The minimum absolute atomic E-state index is 0.0223. The van der Waals surface area contributed by atoms with E-state index in [4.69, 9.17) is 9.47 Å². The van der Waals surface area contributed by atoms with Crippen molar-refractivity contribution in [2.75, 3.05) is 23.8 Å². The molecule has 0 spiro atoms. The number of nitrogens with one attached hydrogen (secondary N) is 2. The number of aromatic nitrogens is 2. The summed E-state index contributed by atoms with van der Waals surface area (Å²) in [6.07, 6.45) is 2.84. The topological polar surface area (TPSA) is 102 Å². The van der Waals surface area contributed by atoms with E-state index in [-0.39, 0.29) is 17.4 Å². The van der Waals surface area contributed by atoms with Crippen molar-refractivity contribution in [3.05, 3.63) is 66.1 Å². The Morgan fingerprint density at radius 1 is 0.931 bits per heavy atom. The molecule has 0 atom stereocenters. The van der Waals surface area contributed by atoms with Gasteiger partial charge in [0.05, 0.1) is 12.4 Å². The van der Waals surface area contributed by atoms with Gasteiger partial charge in [-0.25, -0.2) is 9.97 Å². The highest BCUT2D eigenvalue weighted by Crippen LogP contribution is 2.32. The Hall–Kier alpha value is -3.94. The van der Waals surface area contributed by atoms with Crippen LogP contribution in [-0.2, 0) is 0 Å². The van der Waals surface area contributed by atoms with E-state index in [0.717, 1.165) is 0 Å². The van der Waals surface area contributed by atoms with E-state index in [1.54, 1.807) is 36.4 Å². The zero-order chi connectivity index (χ0) is 20.2. The van der Waals surface area contributed by atoms with Gasteiger partial charge >= 0.3 is 0 Å². The van der Waals surface area contributed by atoms with Crippen molar-refractivity contribution in [1.29, 1.82) is 0 Å². The van der Waals surface area contributed by atoms with Crippen LogP contribution in [0.3, 0.4) is 0 Å². The molecule has 4 rings (SSSR count). The van der Waals surface area contributed by atoms with Crippen LogP contribution in [0.15, 0.2) is 54.9 Å². The minimum atomic E-state index is -0.390. The molecule has 0 bridgehead atoms. The summed E-state index contributed by atoms with van der Waals surface area (Å²) in [5, 5.41) is 5.82. The van der Waals surface area contributed by atoms with Crippen LogP contribution in [0.5, 0.6) is 11.5 Å². The lowest BCUT2D eigenvalue weighted by Gasteiger charge is -2.18. The summed E-state index contributed by atoms with van der Waals surface area (Å²) >= 11 is 0. The van der Waals surface area contributed by atoms with E-state index in [1.807, 2.05) is 6.07 Å². The number of ether oxygens (including phenoxy) is 2. The SMILES string of the molecule is CC(=O)c1cccc(Nc2cnc(C(=O)Nc3ccc4c(c3)OCCO4)cn2)c1. The second-order valence-corrected chi connectivity index (χ2v) is 6.36. The lowest BCUT2D eigenvalue weighted by molar-refractivity contribution is 0.101. The molecule has 1 amide bonds. The van der Waals surface area contributed by atoms with Crippen molar-refractivity contribution >= 4 is 28.9 Å². The summed E-state index contributed by atoms with van der Waals surface area (Å²) in [4.78, 5) is 32.3. The van der Waals surface area contributed by atoms with Crippen LogP contribution in [0.25, 0.3) is 0 Å². The number of anilines is 3. The van der Waals surface area contributed by atoms with Gasteiger partial charge in [0, 0.05) is 23.0 Å². The fourth-order valence-corrected chi connectivity index (χ4v) is 2.79. The Labute approximate surface area is 166 Å². The van der Waals surface area contributed by atoms with Gasteiger partial charge in [-0.1, -0.05) is 12.1 Å². The zero-order valence-corrected chi connectivity index (χ0v) is 15.6. The lowest BCUT2D eigenvalue weighted by atomic mass is 10.1. The van der Waals surface area contributed by atoms with Crippen LogP contribution >= 0.6 is 0 Å². The van der Waals surface area contributed by atoms with E-state index in [2.05, 4.69) is 20.6 Å². The molecule has 8 heteroatoms. The van der Waals surface area contributed by atoms with E-state index in [0.29, 0.717) is 47.5 Å². The molecule has 0 radical (unpaired) electrons. The average molecular weight is 390 g/mol.